The molecule has 12 heavy (non-hydrogen) atoms. The number of rotatable bonds is 1. The van der Waals surface area contributed by atoms with Gasteiger partial charge in [-0.2, -0.15) is 0 Å². The number of carboxylic acids is 1. The fourth-order valence-corrected chi connectivity index (χ4v) is 1.32. The molecule has 2 fully saturated rings. The summed E-state index contributed by atoms with van der Waals surface area (Å²) in [5.74, 6) is -1.19. The Bertz CT molecular complexity index is 214. The summed E-state index contributed by atoms with van der Waals surface area (Å²) in [5, 5.41) is 26.6. The fourth-order valence-electron chi connectivity index (χ4n) is 1.32. The third kappa shape index (κ3) is 1.00. The molecule has 2 heterocycles. The van der Waals surface area contributed by atoms with E-state index in [1.165, 1.54) is 0 Å². The van der Waals surface area contributed by atoms with E-state index in [0.29, 0.717) is 0 Å². The zero-order chi connectivity index (χ0) is 8.88. The van der Waals surface area contributed by atoms with Crippen LogP contribution in [0.15, 0.2) is 0 Å². The van der Waals surface area contributed by atoms with Crippen LogP contribution < -0.4 is 0 Å². The number of epoxide rings is 1. The molecule has 0 saturated carbocycles. The van der Waals surface area contributed by atoms with Gasteiger partial charge < -0.3 is 24.8 Å². The Kier molecular flexibility index (Phi) is 1.58. The molecule has 0 aromatic rings. The van der Waals surface area contributed by atoms with Crippen LogP contribution in [0.3, 0.4) is 0 Å². The smallest absolute Gasteiger partial charge is 0.335 e. The molecule has 2 saturated heterocycles. The van der Waals surface area contributed by atoms with Crippen LogP contribution in [0, 0.1) is 0 Å². The van der Waals surface area contributed by atoms with Gasteiger partial charge in [0.05, 0.1) is 0 Å². The van der Waals surface area contributed by atoms with Crippen molar-refractivity contribution in [2.45, 2.75) is 30.7 Å². The number of aliphatic hydroxyl groups is 2. The summed E-state index contributed by atoms with van der Waals surface area (Å²) >= 11 is 0. The third-order valence-corrected chi connectivity index (χ3v) is 2.02. The maximum absolute atomic E-state index is 10.4. The first kappa shape index (κ1) is 7.93. The van der Waals surface area contributed by atoms with Crippen molar-refractivity contribution < 1.29 is 29.6 Å². The first-order valence-corrected chi connectivity index (χ1v) is 3.51. The number of carbonyl (C=O) groups is 1. The molecule has 5 unspecified atom stereocenters. The summed E-state index contributed by atoms with van der Waals surface area (Å²) in [6.45, 7) is 0. The van der Waals surface area contributed by atoms with E-state index in [-0.39, 0.29) is 0 Å². The molecule has 5 atom stereocenters. The molecule has 2 rings (SSSR count). The van der Waals surface area contributed by atoms with Crippen molar-refractivity contribution in [3.63, 3.8) is 0 Å². The molecular formula is C6H8O6. The van der Waals surface area contributed by atoms with Crippen LogP contribution in [0.2, 0.25) is 0 Å². The van der Waals surface area contributed by atoms with Crippen molar-refractivity contribution in [1.82, 2.24) is 0 Å². The number of fused-ring (bicyclic) bond motifs is 1. The topological polar surface area (TPSA) is 99.5 Å². The summed E-state index contributed by atoms with van der Waals surface area (Å²) < 4.78 is 9.41. The molecule has 6 heteroatoms. The molecule has 6 nitrogen and oxygen atoms in total. The Balaban J connectivity index is 2.08. The molecule has 3 N–H and O–H groups in total. The van der Waals surface area contributed by atoms with E-state index in [2.05, 4.69) is 4.74 Å². The van der Waals surface area contributed by atoms with E-state index in [9.17, 15) is 4.79 Å². The lowest BCUT2D eigenvalue weighted by atomic mass is 10.1. The van der Waals surface area contributed by atoms with Crippen molar-refractivity contribution >= 4 is 5.97 Å². The van der Waals surface area contributed by atoms with Crippen LogP contribution in [-0.4, -0.2) is 52.0 Å². The predicted molar refractivity (Wildman–Crippen MR) is 33.2 cm³/mol. The molecule has 2 aliphatic rings. The third-order valence-electron chi connectivity index (χ3n) is 2.02. The standard InChI is InChI=1S/C6H8O6/c7-1-2-3(11-2)4(5(8)9)12-6(1)10/h1-4,6-7,10H,(H,8,9). The predicted octanol–water partition coefficient (Wildman–Crippen LogP) is -2.08. The highest BCUT2D eigenvalue weighted by atomic mass is 16.7. The van der Waals surface area contributed by atoms with Gasteiger partial charge >= 0.3 is 5.97 Å². The summed E-state index contributed by atoms with van der Waals surface area (Å²) in [7, 11) is 0. The van der Waals surface area contributed by atoms with Gasteiger partial charge in [-0.25, -0.2) is 4.79 Å². The lowest BCUT2D eigenvalue weighted by Gasteiger charge is -2.24. The number of ether oxygens (including phenoxy) is 2. The molecule has 2 aliphatic heterocycles. The number of aliphatic hydroxyl groups excluding tert-OH is 2. The largest absolute Gasteiger partial charge is 0.479 e. The second-order valence-corrected chi connectivity index (χ2v) is 2.84. The number of aliphatic carboxylic acids is 1. The summed E-state index contributed by atoms with van der Waals surface area (Å²) in [6.07, 6.45) is -4.95. The maximum Gasteiger partial charge on any atom is 0.335 e. The van der Waals surface area contributed by atoms with E-state index < -0.39 is 36.7 Å². The van der Waals surface area contributed by atoms with Crippen LogP contribution in [0.25, 0.3) is 0 Å². The van der Waals surface area contributed by atoms with Crippen molar-refractivity contribution in [1.29, 1.82) is 0 Å². The minimum Gasteiger partial charge on any atom is -0.479 e. The number of hydrogen-bond acceptors (Lipinski definition) is 5. The van der Waals surface area contributed by atoms with Crippen molar-refractivity contribution in [2.24, 2.45) is 0 Å². The highest BCUT2D eigenvalue weighted by Crippen LogP contribution is 2.36. The van der Waals surface area contributed by atoms with E-state index in [1.54, 1.807) is 0 Å². The monoisotopic (exact) mass is 176 g/mol. The van der Waals surface area contributed by atoms with Crippen LogP contribution >= 0.6 is 0 Å². The van der Waals surface area contributed by atoms with Gasteiger partial charge in [-0.15, -0.1) is 0 Å². The highest BCUT2D eigenvalue weighted by molar-refractivity contribution is 5.74. The molecule has 68 valence electrons. The quantitative estimate of drug-likeness (QED) is 0.396. The van der Waals surface area contributed by atoms with Gasteiger partial charge in [-0.3, -0.25) is 0 Å². The van der Waals surface area contributed by atoms with Gasteiger partial charge in [0, 0.05) is 0 Å². The zero-order valence-corrected chi connectivity index (χ0v) is 5.95. The minimum absolute atomic E-state index is 0.588. The molecule has 0 bridgehead atoms. The summed E-state index contributed by atoms with van der Waals surface area (Å²) in [5.41, 5.74) is 0. The molecule has 0 spiro atoms. The highest BCUT2D eigenvalue weighted by Gasteiger charge is 2.59. The average molecular weight is 176 g/mol. The van der Waals surface area contributed by atoms with E-state index in [0.717, 1.165) is 0 Å². The summed E-state index contributed by atoms with van der Waals surface area (Å²) in [6, 6.07) is 0. The second kappa shape index (κ2) is 2.40. The summed E-state index contributed by atoms with van der Waals surface area (Å²) in [4.78, 5) is 10.4. The lowest BCUT2D eigenvalue weighted by molar-refractivity contribution is -0.212. The Labute approximate surface area is 67.3 Å². The Morgan fingerprint density at radius 3 is 2.42 bits per heavy atom. The normalized spacial score (nSPS) is 51.3. The van der Waals surface area contributed by atoms with Gasteiger partial charge in [0.25, 0.3) is 0 Å². The van der Waals surface area contributed by atoms with Crippen LogP contribution in [0.5, 0.6) is 0 Å². The zero-order valence-electron chi connectivity index (χ0n) is 5.95. The van der Waals surface area contributed by atoms with Gasteiger partial charge in [0.2, 0.25) is 0 Å². The van der Waals surface area contributed by atoms with E-state index >= 15 is 0 Å². The van der Waals surface area contributed by atoms with Crippen LogP contribution in [0.4, 0.5) is 0 Å². The Morgan fingerprint density at radius 1 is 1.17 bits per heavy atom. The van der Waals surface area contributed by atoms with E-state index in [4.69, 9.17) is 20.1 Å². The lowest BCUT2D eigenvalue weighted by Crippen LogP contribution is -2.47. The Hall–Kier alpha value is -0.690. The van der Waals surface area contributed by atoms with Gasteiger partial charge in [0.15, 0.2) is 12.4 Å². The van der Waals surface area contributed by atoms with Crippen molar-refractivity contribution in [3.8, 4) is 0 Å². The van der Waals surface area contributed by atoms with Crippen LogP contribution in [0.1, 0.15) is 0 Å². The van der Waals surface area contributed by atoms with Crippen LogP contribution in [-0.2, 0) is 14.3 Å². The van der Waals surface area contributed by atoms with Crippen molar-refractivity contribution in [2.75, 3.05) is 0 Å². The van der Waals surface area contributed by atoms with E-state index in [1.807, 2.05) is 0 Å². The number of hydrogen-bond donors (Lipinski definition) is 3. The number of carboxylic acid groups (broad SMARTS) is 1. The first-order chi connectivity index (χ1) is 5.61. The maximum atomic E-state index is 10.4. The van der Waals surface area contributed by atoms with Gasteiger partial charge in [-0.1, -0.05) is 0 Å². The van der Waals surface area contributed by atoms with Gasteiger partial charge in [-0.05, 0) is 0 Å². The average Bonchev–Trinajstić information content (AvgIpc) is 2.75. The SMILES string of the molecule is O=C(O)C1OC(O)C(O)C2OC12. The fraction of sp³-hybridized carbons (Fsp3) is 0.833. The molecule has 0 radical (unpaired) electrons. The minimum atomic E-state index is -1.46. The molecule has 0 aromatic carbocycles. The molecule has 0 aromatic heterocycles. The molecule has 0 aliphatic carbocycles. The molecule has 0 amide bonds. The first-order valence-electron chi connectivity index (χ1n) is 3.51. The van der Waals surface area contributed by atoms with Crippen molar-refractivity contribution in [3.05, 3.63) is 0 Å². The molecular weight excluding hydrogens is 168 g/mol. The van der Waals surface area contributed by atoms with Gasteiger partial charge in [0.1, 0.15) is 18.3 Å². The Morgan fingerprint density at radius 2 is 1.83 bits per heavy atom. The second-order valence-electron chi connectivity index (χ2n) is 2.84.